The molecule has 1 aliphatic rings. The summed E-state index contributed by atoms with van der Waals surface area (Å²) in [6.07, 6.45) is 3.88. The van der Waals surface area contributed by atoms with Crippen molar-refractivity contribution in [3.8, 4) is 0 Å². The van der Waals surface area contributed by atoms with Gasteiger partial charge in [-0.15, -0.1) is 0 Å². The maximum Gasteiger partial charge on any atom is 0.255 e. The van der Waals surface area contributed by atoms with Crippen LogP contribution in [0, 0.1) is 6.92 Å². The molecular weight excluding hydrogens is 384 g/mol. The van der Waals surface area contributed by atoms with Crippen molar-refractivity contribution in [1.29, 1.82) is 0 Å². The van der Waals surface area contributed by atoms with Gasteiger partial charge in [0.15, 0.2) is 0 Å². The average molecular weight is 415 g/mol. The molecule has 0 aliphatic carbocycles. The second-order valence-corrected chi connectivity index (χ2v) is 9.74. The summed E-state index contributed by atoms with van der Waals surface area (Å²) in [5, 5.41) is 2.87. The molecule has 0 unspecified atom stereocenters. The molecule has 5 nitrogen and oxygen atoms in total. The first-order valence-corrected chi connectivity index (χ1v) is 11.8. The molecule has 0 saturated carbocycles. The zero-order valence-corrected chi connectivity index (χ0v) is 18.3. The van der Waals surface area contributed by atoms with Crippen molar-refractivity contribution in [1.82, 2.24) is 4.31 Å². The van der Waals surface area contributed by atoms with E-state index in [-0.39, 0.29) is 10.8 Å². The first-order chi connectivity index (χ1) is 13.8. The Morgan fingerprint density at radius 2 is 1.72 bits per heavy atom. The van der Waals surface area contributed by atoms with E-state index in [1.54, 1.807) is 19.1 Å². The minimum Gasteiger partial charge on any atom is -0.322 e. The van der Waals surface area contributed by atoms with Crippen LogP contribution in [0.4, 0.5) is 5.69 Å². The molecule has 6 heteroatoms. The molecule has 1 fully saturated rings. The number of anilines is 1. The first-order valence-electron chi connectivity index (χ1n) is 10.3. The molecule has 0 bridgehead atoms. The third-order valence-electron chi connectivity index (χ3n) is 5.73. The molecule has 1 amide bonds. The van der Waals surface area contributed by atoms with Crippen molar-refractivity contribution in [2.45, 2.75) is 57.3 Å². The Hall–Kier alpha value is -2.18. The smallest absolute Gasteiger partial charge is 0.255 e. The molecule has 1 atom stereocenters. The lowest BCUT2D eigenvalue weighted by molar-refractivity contribution is 0.102. The van der Waals surface area contributed by atoms with Gasteiger partial charge in [0.05, 0.1) is 4.90 Å². The summed E-state index contributed by atoms with van der Waals surface area (Å²) >= 11 is 0. The van der Waals surface area contributed by atoms with Gasteiger partial charge in [-0.3, -0.25) is 4.79 Å². The summed E-state index contributed by atoms with van der Waals surface area (Å²) in [6, 6.07) is 12.7. The standard InChI is InChI=1S/C23H30N2O3S/c1-4-17(2)19-10-12-21(13-11-19)24-23(26)20-9-8-18(3)22(16-20)29(27,28)25-14-6-5-7-15-25/h8-13,16-17H,4-7,14-15H2,1-3H3,(H,24,26)/t17-/m0/s1. The quantitative estimate of drug-likeness (QED) is 0.728. The fourth-order valence-electron chi connectivity index (χ4n) is 3.60. The lowest BCUT2D eigenvalue weighted by Crippen LogP contribution is -2.36. The number of benzene rings is 2. The molecule has 1 saturated heterocycles. The Labute approximate surface area is 174 Å². The van der Waals surface area contributed by atoms with E-state index in [1.807, 2.05) is 24.3 Å². The van der Waals surface area contributed by atoms with Crippen molar-refractivity contribution < 1.29 is 13.2 Å². The number of piperidine rings is 1. The maximum atomic E-state index is 13.1. The van der Waals surface area contributed by atoms with Gasteiger partial charge in [-0.1, -0.05) is 38.5 Å². The SMILES string of the molecule is CC[C@H](C)c1ccc(NC(=O)c2ccc(C)c(S(=O)(=O)N3CCCCC3)c2)cc1. The molecular formula is C23H30N2O3S. The molecule has 1 aliphatic heterocycles. The highest BCUT2D eigenvalue weighted by Gasteiger charge is 2.28. The Morgan fingerprint density at radius 1 is 1.07 bits per heavy atom. The van der Waals surface area contributed by atoms with Crippen molar-refractivity contribution in [3.05, 3.63) is 59.2 Å². The van der Waals surface area contributed by atoms with E-state index in [4.69, 9.17) is 0 Å². The van der Waals surface area contributed by atoms with Crippen molar-refractivity contribution in [2.24, 2.45) is 0 Å². The molecule has 0 radical (unpaired) electrons. The van der Waals surface area contributed by atoms with Crippen LogP contribution >= 0.6 is 0 Å². The number of amides is 1. The number of sulfonamides is 1. The number of carbonyl (C=O) groups excluding carboxylic acids is 1. The number of hydrogen-bond donors (Lipinski definition) is 1. The second-order valence-electron chi connectivity index (χ2n) is 7.83. The summed E-state index contributed by atoms with van der Waals surface area (Å²) in [6.45, 7) is 7.17. The van der Waals surface area contributed by atoms with Crippen LogP contribution < -0.4 is 5.32 Å². The molecule has 2 aromatic rings. The van der Waals surface area contributed by atoms with Gasteiger partial charge >= 0.3 is 0 Å². The number of nitrogens with one attached hydrogen (secondary N) is 1. The first kappa shape index (κ1) is 21.5. The minimum atomic E-state index is -3.59. The van der Waals surface area contributed by atoms with E-state index in [1.165, 1.54) is 15.9 Å². The lowest BCUT2D eigenvalue weighted by Gasteiger charge is -2.26. The highest BCUT2D eigenvalue weighted by molar-refractivity contribution is 7.89. The zero-order chi connectivity index (χ0) is 21.0. The second kappa shape index (κ2) is 9.09. The molecule has 0 aromatic heterocycles. The van der Waals surface area contributed by atoms with Gasteiger partial charge in [0, 0.05) is 24.3 Å². The van der Waals surface area contributed by atoms with Crippen molar-refractivity contribution in [2.75, 3.05) is 18.4 Å². The van der Waals surface area contributed by atoms with E-state index in [0.29, 0.717) is 35.8 Å². The van der Waals surface area contributed by atoms with E-state index in [9.17, 15) is 13.2 Å². The maximum absolute atomic E-state index is 13.1. The number of nitrogens with zero attached hydrogens (tertiary/aromatic N) is 1. The van der Waals surface area contributed by atoms with Gasteiger partial charge < -0.3 is 5.32 Å². The predicted molar refractivity (Wildman–Crippen MR) is 117 cm³/mol. The van der Waals surface area contributed by atoms with Crippen LogP contribution in [0.3, 0.4) is 0 Å². The Bertz CT molecular complexity index is 962. The van der Waals surface area contributed by atoms with Crippen LogP contribution in [-0.2, 0) is 10.0 Å². The van der Waals surface area contributed by atoms with Crippen molar-refractivity contribution in [3.63, 3.8) is 0 Å². The van der Waals surface area contributed by atoms with Crippen molar-refractivity contribution >= 4 is 21.6 Å². The van der Waals surface area contributed by atoms with E-state index < -0.39 is 10.0 Å². The highest BCUT2D eigenvalue weighted by atomic mass is 32.2. The third-order valence-corrected chi connectivity index (χ3v) is 7.77. The van der Waals surface area contributed by atoms with E-state index in [0.717, 1.165) is 25.7 Å². The summed E-state index contributed by atoms with van der Waals surface area (Å²) in [4.78, 5) is 13.0. The number of hydrogen-bond acceptors (Lipinski definition) is 3. The minimum absolute atomic E-state index is 0.221. The lowest BCUT2D eigenvalue weighted by atomic mass is 9.98. The average Bonchev–Trinajstić information content (AvgIpc) is 2.74. The Balaban J connectivity index is 1.80. The topological polar surface area (TPSA) is 66.5 Å². The predicted octanol–water partition coefficient (Wildman–Crippen LogP) is 4.94. The van der Waals surface area contributed by atoms with Gasteiger partial charge in [-0.25, -0.2) is 8.42 Å². The number of rotatable bonds is 6. The van der Waals surface area contributed by atoms with Crippen LogP contribution in [0.25, 0.3) is 0 Å². The monoisotopic (exact) mass is 414 g/mol. The molecule has 0 spiro atoms. The number of carbonyl (C=O) groups is 1. The molecule has 1 N–H and O–H groups in total. The van der Waals surface area contributed by atoms with Crippen LogP contribution in [-0.4, -0.2) is 31.7 Å². The van der Waals surface area contributed by atoms with Gasteiger partial charge in [-0.05, 0) is 67.5 Å². The largest absolute Gasteiger partial charge is 0.322 e. The molecule has 3 rings (SSSR count). The fraction of sp³-hybridized carbons (Fsp3) is 0.435. The Kier molecular flexibility index (Phi) is 6.75. The summed E-state index contributed by atoms with van der Waals surface area (Å²) in [5.41, 5.74) is 2.93. The van der Waals surface area contributed by atoms with Crippen LogP contribution in [0.15, 0.2) is 47.4 Å². The van der Waals surface area contributed by atoms with E-state index >= 15 is 0 Å². The third kappa shape index (κ3) is 4.87. The van der Waals surface area contributed by atoms with Crippen LogP contribution in [0.2, 0.25) is 0 Å². The van der Waals surface area contributed by atoms with Gasteiger partial charge in [0.1, 0.15) is 0 Å². The van der Waals surface area contributed by atoms with Crippen LogP contribution in [0.5, 0.6) is 0 Å². The summed E-state index contributed by atoms with van der Waals surface area (Å²) in [5.74, 6) is 0.163. The number of aryl methyl sites for hydroxylation is 1. The molecule has 29 heavy (non-hydrogen) atoms. The fourth-order valence-corrected chi connectivity index (χ4v) is 5.37. The van der Waals surface area contributed by atoms with Crippen LogP contribution in [0.1, 0.15) is 66.9 Å². The summed E-state index contributed by atoms with van der Waals surface area (Å²) in [7, 11) is -3.59. The van der Waals surface area contributed by atoms with Gasteiger partial charge in [-0.2, -0.15) is 4.31 Å². The molecule has 2 aromatic carbocycles. The zero-order valence-electron chi connectivity index (χ0n) is 17.4. The highest BCUT2D eigenvalue weighted by Crippen LogP contribution is 2.25. The molecule has 156 valence electrons. The Morgan fingerprint density at radius 3 is 2.34 bits per heavy atom. The van der Waals surface area contributed by atoms with Gasteiger partial charge in [0.2, 0.25) is 10.0 Å². The van der Waals surface area contributed by atoms with Gasteiger partial charge in [0.25, 0.3) is 5.91 Å². The van der Waals surface area contributed by atoms with E-state index in [2.05, 4.69) is 19.2 Å². The summed E-state index contributed by atoms with van der Waals surface area (Å²) < 4.78 is 27.7. The molecule has 1 heterocycles. The normalized spacial score (nSPS) is 16.4.